The lowest BCUT2D eigenvalue weighted by Crippen LogP contribution is -2.43. The van der Waals surface area contributed by atoms with Crippen LogP contribution in [0.15, 0.2) is 78.3 Å². The van der Waals surface area contributed by atoms with Crippen molar-refractivity contribution in [2.24, 2.45) is 0 Å². The Morgan fingerprint density at radius 2 is 1.89 bits per heavy atom. The first kappa shape index (κ1) is 17.1. The summed E-state index contributed by atoms with van der Waals surface area (Å²) in [5.74, 6) is -0.0973. The zero-order valence-corrected chi connectivity index (χ0v) is 14.9. The van der Waals surface area contributed by atoms with Crippen LogP contribution in [0.1, 0.15) is 11.1 Å². The van der Waals surface area contributed by atoms with Gasteiger partial charge in [-0.05, 0) is 41.5 Å². The first-order valence-electron chi connectivity index (χ1n) is 9.04. The van der Waals surface area contributed by atoms with Gasteiger partial charge in [0.1, 0.15) is 0 Å². The van der Waals surface area contributed by atoms with Crippen LogP contribution in [0.5, 0.6) is 0 Å². The van der Waals surface area contributed by atoms with Crippen molar-refractivity contribution in [2.45, 2.75) is 0 Å². The summed E-state index contributed by atoms with van der Waals surface area (Å²) in [5.41, 5.74) is 4.12. The van der Waals surface area contributed by atoms with Gasteiger partial charge in [0.05, 0.1) is 17.3 Å². The molecule has 27 heavy (non-hydrogen) atoms. The van der Waals surface area contributed by atoms with Crippen LogP contribution >= 0.6 is 0 Å². The fourth-order valence-electron chi connectivity index (χ4n) is 3.39. The highest BCUT2D eigenvalue weighted by Crippen LogP contribution is 2.25. The summed E-state index contributed by atoms with van der Waals surface area (Å²) < 4.78 is 0. The quantitative estimate of drug-likeness (QED) is 0.885. The molecule has 3 aliphatic rings. The molecule has 0 aromatic heterocycles. The Morgan fingerprint density at radius 3 is 2.70 bits per heavy atom. The minimum absolute atomic E-state index is 0.0973. The summed E-state index contributed by atoms with van der Waals surface area (Å²) >= 11 is 0. The summed E-state index contributed by atoms with van der Waals surface area (Å²) in [6.07, 6.45) is 13.4. The number of carbonyl (C=O) groups is 1. The van der Waals surface area contributed by atoms with Gasteiger partial charge in [-0.15, -0.1) is 0 Å². The highest BCUT2D eigenvalue weighted by atomic mass is 16.2. The maximum absolute atomic E-state index is 13.0. The first-order valence-corrected chi connectivity index (χ1v) is 9.04. The van der Waals surface area contributed by atoms with Crippen LogP contribution in [0.3, 0.4) is 0 Å². The standard InChI is InChI=1S/C22H20N4O/c23-15-17-3-1-4-18(13-17)19-5-2-6-20-7-8-21(16-26(20)22(27)14-19)25-11-9-24-10-12-25/h1-8,13-14,16,24H,9-12H2/b5-2+,19-14+,20-6+. The Hall–Kier alpha value is -3.36. The lowest BCUT2D eigenvalue weighted by atomic mass is 10.0. The summed E-state index contributed by atoms with van der Waals surface area (Å²) in [4.78, 5) is 16.9. The Balaban J connectivity index is 1.66. The zero-order chi connectivity index (χ0) is 18.6. The summed E-state index contributed by atoms with van der Waals surface area (Å²) in [6.45, 7) is 3.76. The molecule has 0 unspecified atom stereocenters. The number of hydrogen-bond acceptors (Lipinski definition) is 4. The molecule has 4 rings (SSSR count). The molecular weight excluding hydrogens is 336 g/mol. The number of benzene rings is 1. The zero-order valence-electron chi connectivity index (χ0n) is 14.9. The van der Waals surface area contributed by atoms with Gasteiger partial charge >= 0.3 is 0 Å². The number of piperazine rings is 1. The van der Waals surface area contributed by atoms with Gasteiger partial charge in [0.15, 0.2) is 0 Å². The number of amides is 1. The predicted octanol–water partition coefficient (Wildman–Crippen LogP) is 2.54. The minimum Gasteiger partial charge on any atom is -0.368 e. The van der Waals surface area contributed by atoms with E-state index in [1.165, 1.54) is 0 Å². The van der Waals surface area contributed by atoms with Crippen molar-refractivity contribution in [3.8, 4) is 6.07 Å². The Morgan fingerprint density at radius 1 is 1.07 bits per heavy atom. The maximum atomic E-state index is 13.0. The molecule has 5 heteroatoms. The van der Waals surface area contributed by atoms with E-state index in [-0.39, 0.29) is 5.91 Å². The number of hydrogen-bond donors (Lipinski definition) is 1. The van der Waals surface area contributed by atoms with Crippen LogP contribution in [-0.4, -0.2) is 41.9 Å². The molecule has 134 valence electrons. The first-order chi connectivity index (χ1) is 13.2. The van der Waals surface area contributed by atoms with Gasteiger partial charge < -0.3 is 10.2 Å². The van der Waals surface area contributed by atoms with Crippen LogP contribution < -0.4 is 5.32 Å². The van der Waals surface area contributed by atoms with E-state index in [1.807, 2.05) is 42.6 Å². The average Bonchev–Trinajstić information content (AvgIpc) is 2.72. The molecule has 0 saturated carbocycles. The van der Waals surface area contributed by atoms with Gasteiger partial charge in [-0.1, -0.05) is 24.3 Å². The van der Waals surface area contributed by atoms with Crippen molar-refractivity contribution in [2.75, 3.05) is 26.2 Å². The molecule has 3 aliphatic heterocycles. The second kappa shape index (κ2) is 7.48. The molecular formula is C22H20N4O. The third-order valence-corrected chi connectivity index (χ3v) is 4.83. The molecule has 0 radical (unpaired) electrons. The molecule has 1 N–H and O–H groups in total. The van der Waals surface area contributed by atoms with Crippen LogP contribution in [0.2, 0.25) is 0 Å². The van der Waals surface area contributed by atoms with Crippen molar-refractivity contribution in [3.05, 3.63) is 89.4 Å². The Labute approximate surface area is 158 Å². The number of carbonyl (C=O) groups excluding carboxylic acids is 1. The summed E-state index contributed by atoms with van der Waals surface area (Å²) in [7, 11) is 0. The SMILES string of the molecule is N#Cc1cccc(C2=C\C(=O)N3C=C(N4CCNCC4)C=C\C3=C/C=C/2)c1. The van der Waals surface area contributed by atoms with Gasteiger partial charge in [0.2, 0.25) is 0 Å². The number of rotatable bonds is 2. The number of nitriles is 1. The normalized spacial score (nSPS) is 24.4. The van der Waals surface area contributed by atoms with Crippen molar-refractivity contribution >= 4 is 11.5 Å². The van der Waals surface area contributed by atoms with Gasteiger partial charge in [-0.25, -0.2) is 0 Å². The van der Waals surface area contributed by atoms with E-state index in [9.17, 15) is 4.79 Å². The molecule has 5 nitrogen and oxygen atoms in total. The molecule has 0 atom stereocenters. The van der Waals surface area contributed by atoms with Crippen molar-refractivity contribution in [3.63, 3.8) is 0 Å². The predicted molar refractivity (Wildman–Crippen MR) is 105 cm³/mol. The molecule has 1 fully saturated rings. The molecule has 1 aromatic rings. The topological polar surface area (TPSA) is 59.4 Å². The second-order valence-electron chi connectivity index (χ2n) is 6.58. The summed E-state index contributed by atoms with van der Waals surface area (Å²) in [6, 6.07) is 9.45. The number of fused-ring (bicyclic) bond motifs is 1. The Bertz CT molecular complexity index is 953. The van der Waals surface area contributed by atoms with Crippen molar-refractivity contribution in [1.29, 1.82) is 5.26 Å². The molecule has 0 aliphatic carbocycles. The van der Waals surface area contributed by atoms with E-state index in [1.54, 1.807) is 23.1 Å². The van der Waals surface area contributed by atoms with Gasteiger partial charge in [0.25, 0.3) is 5.91 Å². The fourth-order valence-corrected chi connectivity index (χ4v) is 3.39. The monoisotopic (exact) mass is 356 g/mol. The largest absolute Gasteiger partial charge is 0.368 e. The highest BCUT2D eigenvalue weighted by Gasteiger charge is 2.21. The Kier molecular flexibility index (Phi) is 4.73. The smallest absolute Gasteiger partial charge is 0.255 e. The van der Waals surface area contributed by atoms with Crippen LogP contribution in [0.25, 0.3) is 5.57 Å². The van der Waals surface area contributed by atoms with Gasteiger partial charge in [0, 0.05) is 44.2 Å². The van der Waals surface area contributed by atoms with E-state index in [0.717, 1.165) is 48.7 Å². The number of allylic oxidation sites excluding steroid dienone is 6. The van der Waals surface area contributed by atoms with E-state index in [2.05, 4.69) is 22.4 Å². The minimum atomic E-state index is -0.0973. The fraction of sp³-hybridized carbons (Fsp3) is 0.182. The third-order valence-electron chi connectivity index (χ3n) is 4.83. The van der Waals surface area contributed by atoms with E-state index < -0.39 is 0 Å². The molecule has 0 bridgehead atoms. The lowest BCUT2D eigenvalue weighted by molar-refractivity contribution is -0.122. The van der Waals surface area contributed by atoms with Gasteiger partial charge in [-0.2, -0.15) is 5.26 Å². The van der Waals surface area contributed by atoms with E-state index in [0.29, 0.717) is 5.56 Å². The molecule has 0 spiro atoms. The summed E-state index contributed by atoms with van der Waals surface area (Å²) in [5, 5.41) is 12.5. The third kappa shape index (κ3) is 3.62. The van der Waals surface area contributed by atoms with E-state index >= 15 is 0 Å². The molecule has 1 amide bonds. The van der Waals surface area contributed by atoms with Crippen LogP contribution in [-0.2, 0) is 4.79 Å². The van der Waals surface area contributed by atoms with Crippen LogP contribution in [0.4, 0.5) is 0 Å². The lowest BCUT2D eigenvalue weighted by Gasteiger charge is -2.33. The van der Waals surface area contributed by atoms with Crippen molar-refractivity contribution < 1.29 is 4.79 Å². The molecule has 3 heterocycles. The average molecular weight is 356 g/mol. The van der Waals surface area contributed by atoms with Crippen molar-refractivity contribution in [1.82, 2.24) is 15.1 Å². The number of nitrogens with one attached hydrogen (secondary N) is 1. The molecule has 1 aromatic carbocycles. The molecule has 1 saturated heterocycles. The van der Waals surface area contributed by atoms with Gasteiger partial charge in [-0.3, -0.25) is 9.69 Å². The van der Waals surface area contributed by atoms with E-state index in [4.69, 9.17) is 5.26 Å². The van der Waals surface area contributed by atoms with Crippen LogP contribution in [0, 0.1) is 11.3 Å². The number of nitrogens with zero attached hydrogens (tertiary/aromatic N) is 3. The second-order valence-corrected chi connectivity index (χ2v) is 6.58. The highest BCUT2D eigenvalue weighted by molar-refractivity contribution is 5.99. The maximum Gasteiger partial charge on any atom is 0.255 e.